The van der Waals surface area contributed by atoms with Crippen LogP contribution in [0.15, 0.2) is 23.9 Å². The van der Waals surface area contributed by atoms with Gasteiger partial charge < -0.3 is 14.9 Å². The van der Waals surface area contributed by atoms with Crippen molar-refractivity contribution in [3.05, 3.63) is 24.5 Å². The minimum Gasteiger partial charge on any atom is -0.355 e. The summed E-state index contributed by atoms with van der Waals surface area (Å²) in [4.78, 5) is 19.0. The Hall–Kier alpha value is -1.83. The average Bonchev–Trinajstić information content (AvgIpc) is 3.02. The highest BCUT2D eigenvalue weighted by molar-refractivity contribution is 7.99. The lowest BCUT2D eigenvalue weighted by Gasteiger charge is -2.05. The lowest BCUT2D eigenvalue weighted by Crippen LogP contribution is -2.26. The van der Waals surface area contributed by atoms with Gasteiger partial charge in [0.2, 0.25) is 5.91 Å². The standard InChI is InChI=1S/C13H18N6OS/c20-12(16-5-1-2-11-14-6-7-15-11)8-21-13-18-17-9-19(13)10-3-4-10/h6-7,9-10H,1-5,8H2,(H,14,15)(H,16,20). The Morgan fingerprint density at radius 2 is 2.43 bits per heavy atom. The molecule has 1 aliphatic rings. The largest absolute Gasteiger partial charge is 0.355 e. The molecule has 0 atom stereocenters. The third-order valence-corrected chi connectivity index (χ3v) is 4.24. The zero-order valence-electron chi connectivity index (χ0n) is 11.7. The number of hydrogen-bond acceptors (Lipinski definition) is 5. The predicted octanol–water partition coefficient (Wildman–Crippen LogP) is 1.18. The molecule has 0 bridgehead atoms. The molecule has 0 spiro atoms. The van der Waals surface area contributed by atoms with Crippen LogP contribution in [0.2, 0.25) is 0 Å². The van der Waals surface area contributed by atoms with Crippen LogP contribution in [0.3, 0.4) is 0 Å². The van der Waals surface area contributed by atoms with Crippen LogP contribution in [0.4, 0.5) is 0 Å². The van der Waals surface area contributed by atoms with Crippen LogP contribution in [-0.4, -0.2) is 42.9 Å². The average molecular weight is 306 g/mol. The number of aromatic nitrogens is 5. The van der Waals surface area contributed by atoms with Crippen LogP contribution in [0.25, 0.3) is 0 Å². The van der Waals surface area contributed by atoms with Gasteiger partial charge in [-0.15, -0.1) is 10.2 Å². The summed E-state index contributed by atoms with van der Waals surface area (Å²) >= 11 is 1.44. The highest BCUT2D eigenvalue weighted by atomic mass is 32.2. The Balaban J connectivity index is 1.33. The van der Waals surface area contributed by atoms with Crippen molar-refractivity contribution in [3.8, 4) is 0 Å². The van der Waals surface area contributed by atoms with E-state index in [9.17, 15) is 4.79 Å². The first-order chi connectivity index (χ1) is 10.3. The summed E-state index contributed by atoms with van der Waals surface area (Å²) in [5.41, 5.74) is 0. The van der Waals surface area contributed by atoms with Crippen LogP contribution in [0, 0.1) is 0 Å². The van der Waals surface area contributed by atoms with Gasteiger partial charge in [-0.3, -0.25) is 4.79 Å². The summed E-state index contributed by atoms with van der Waals surface area (Å²) < 4.78 is 2.06. The summed E-state index contributed by atoms with van der Waals surface area (Å²) in [6.45, 7) is 0.662. The molecule has 0 aromatic carbocycles. The minimum atomic E-state index is 0.0322. The molecule has 0 unspecified atom stereocenters. The van der Waals surface area contributed by atoms with E-state index in [0.717, 1.165) is 23.8 Å². The lowest BCUT2D eigenvalue weighted by molar-refractivity contribution is -0.118. The molecule has 0 saturated heterocycles. The number of imidazole rings is 1. The maximum atomic E-state index is 11.8. The summed E-state index contributed by atoms with van der Waals surface area (Å²) in [6, 6.07) is 0.541. The summed E-state index contributed by atoms with van der Waals surface area (Å²) in [6.07, 6.45) is 9.39. The van der Waals surface area contributed by atoms with Crippen molar-refractivity contribution in [2.24, 2.45) is 0 Å². The number of nitrogens with zero attached hydrogens (tertiary/aromatic N) is 4. The maximum Gasteiger partial charge on any atom is 0.230 e. The monoisotopic (exact) mass is 306 g/mol. The zero-order valence-corrected chi connectivity index (χ0v) is 12.5. The van der Waals surface area contributed by atoms with E-state index in [0.29, 0.717) is 18.3 Å². The Kier molecular flexibility index (Phi) is 4.54. The second-order valence-electron chi connectivity index (χ2n) is 5.03. The molecule has 1 aliphatic carbocycles. The zero-order chi connectivity index (χ0) is 14.5. The number of thioether (sulfide) groups is 1. The van der Waals surface area contributed by atoms with E-state index < -0.39 is 0 Å². The van der Waals surface area contributed by atoms with Gasteiger partial charge in [0, 0.05) is 31.4 Å². The molecule has 1 saturated carbocycles. The first-order valence-corrected chi connectivity index (χ1v) is 8.09. The van der Waals surface area contributed by atoms with Crippen molar-refractivity contribution in [2.45, 2.75) is 36.9 Å². The number of rotatable bonds is 8. The van der Waals surface area contributed by atoms with Gasteiger partial charge in [-0.2, -0.15) is 0 Å². The number of H-pyrrole nitrogens is 1. The predicted molar refractivity (Wildman–Crippen MR) is 78.9 cm³/mol. The number of hydrogen-bond donors (Lipinski definition) is 2. The van der Waals surface area contributed by atoms with Crippen LogP contribution >= 0.6 is 11.8 Å². The molecule has 8 heteroatoms. The van der Waals surface area contributed by atoms with Crippen molar-refractivity contribution in [2.75, 3.05) is 12.3 Å². The van der Waals surface area contributed by atoms with E-state index in [-0.39, 0.29) is 5.91 Å². The lowest BCUT2D eigenvalue weighted by atomic mass is 10.3. The molecule has 2 N–H and O–H groups in total. The molecule has 0 aliphatic heterocycles. The molecule has 3 rings (SSSR count). The number of amides is 1. The molecular weight excluding hydrogens is 288 g/mol. The molecule has 112 valence electrons. The Morgan fingerprint density at radius 3 is 3.19 bits per heavy atom. The fourth-order valence-corrected chi connectivity index (χ4v) is 2.85. The highest BCUT2D eigenvalue weighted by Crippen LogP contribution is 2.37. The van der Waals surface area contributed by atoms with Gasteiger partial charge in [0.1, 0.15) is 12.2 Å². The van der Waals surface area contributed by atoms with E-state index in [2.05, 4.69) is 30.0 Å². The molecule has 1 fully saturated rings. The highest BCUT2D eigenvalue weighted by Gasteiger charge is 2.26. The van der Waals surface area contributed by atoms with Crippen LogP contribution in [0.1, 0.15) is 31.1 Å². The van der Waals surface area contributed by atoms with Crippen molar-refractivity contribution < 1.29 is 4.79 Å². The number of carbonyl (C=O) groups excluding carboxylic acids is 1. The molecule has 21 heavy (non-hydrogen) atoms. The Labute approximate surface area is 126 Å². The molecule has 2 heterocycles. The summed E-state index contributed by atoms with van der Waals surface area (Å²) in [5.74, 6) is 1.37. The molecule has 1 amide bonds. The van der Waals surface area contributed by atoms with Gasteiger partial charge in [0.05, 0.1) is 5.75 Å². The Morgan fingerprint density at radius 1 is 1.52 bits per heavy atom. The van der Waals surface area contributed by atoms with Crippen LogP contribution in [0.5, 0.6) is 0 Å². The van der Waals surface area contributed by atoms with Crippen LogP contribution < -0.4 is 5.32 Å². The second kappa shape index (κ2) is 6.75. The third-order valence-electron chi connectivity index (χ3n) is 3.28. The van der Waals surface area contributed by atoms with Crippen molar-refractivity contribution in [1.29, 1.82) is 0 Å². The summed E-state index contributed by atoms with van der Waals surface area (Å²) in [5, 5.41) is 11.7. The van der Waals surface area contributed by atoms with Crippen molar-refractivity contribution in [1.82, 2.24) is 30.0 Å². The molecule has 2 aromatic heterocycles. The van der Waals surface area contributed by atoms with Crippen molar-refractivity contribution in [3.63, 3.8) is 0 Å². The van der Waals surface area contributed by atoms with E-state index in [1.54, 1.807) is 18.7 Å². The van der Waals surface area contributed by atoms with Gasteiger partial charge >= 0.3 is 0 Å². The van der Waals surface area contributed by atoms with Gasteiger partial charge in [-0.05, 0) is 19.3 Å². The fourth-order valence-electron chi connectivity index (χ4n) is 2.04. The van der Waals surface area contributed by atoms with Gasteiger partial charge in [-0.25, -0.2) is 4.98 Å². The van der Waals surface area contributed by atoms with Gasteiger partial charge in [0.15, 0.2) is 5.16 Å². The van der Waals surface area contributed by atoms with Gasteiger partial charge in [-0.1, -0.05) is 11.8 Å². The molecule has 7 nitrogen and oxygen atoms in total. The normalized spacial score (nSPS) is 14.3. The van der Waals surface area contributed by atoms with Crippen molar-refractivity contribution >= 4 is 17.7 Å². The molecule has 0 radical (unpaired) electrons. The quantitative estimate of drug-likeness (QED) is 0.565. The molecule has 2 aromatic rings. The van der Waals surface area contributed by atoms with E-state index in [4.69, 9.17) is 0 Å². The topological polar surface area (TPSA) is 88.5 Å². The molecular formula is C13H18N6OS. The summed E-state index contributed by atoms with van der Waals surface area (Å²) in [7, 11) is 0. The number of aryl methyl sites for hydroxylation is 1. The first kappa shape index (κ1) is 14.1. The van der Waals surface area contributed by atoms with Crippen LogP contribution in [-0.2, 0) is 11.2 Å². The maximum absolute atomic E-state index is 11.8. The first-order valence-electron chi connectivity index (χ1n) is 7.10. The fraction of sp³-hybridized carbons (Fsp3) is 0.538. The smallest absolute Gasteiger partial charge is 0.230 e. The van der Waals surface area contributed by atoms with E-state index in [1.165, 1.54) is 24.6 Å². The Bertz CT molecular complexity index is 577. The second-order valence-corrected chi connectivity index (χ2v) is 5.97. The number of nitrogens with one attached hydrogen (secondary N) is 2. The third kappa shape index (κ3) is 4.07. The number of aromatic amines is 1. The minimum absolute atomic E-state index is 0.0322. The number of carbonyl (C=O) groups is 1. The SMILES string of the molecule is O=C(CSc1nncn1C1CC1)NCCCc1ncc[nH]1. The van der Waals surface area contributed by atoms with E-state index >= 15 is 0 Å². The van der Waals surface area contributed by atoms with E-state index in [1.807, 2.05) is 0 Å². The van der Waals surface area contributed by atoms with Gasteiger partial charge in [0.25, 0.3) is 0 Å².